The monoisotopic (exact) mass is 378 g/mol. The van der Waals surface area contributed by atoms with Gasteiger partial charge in [-0.2, -0.15) is 5.10 Å². The molecule has 4 rings (SSSR count). The molecule has 0 radical (unpaired) electrons. The molecule has 142 valence electrons. The third-order valence-corrected chi connectivity index (χ3v) is 4.81. The van der Waals surface area contributed by atoms with E-state index in [2.05, 4.69) is 10.4 Å². The zero-order valence-corrected chi connectivity index (χ0v) is 15.1. The van der Waals surface area contributed by atoms with Gasteiger partial charge in [0.05, 0.1) is 17.3 Å². The average Bonchev–Trinajstić information content (AvgIpc) is 3.37. The number of nitrogens with zero attached hydrogens (tertiary/aromatic N) is 3. The van der Waals surface area contributed by atoms with E-state index in [1.54, 1.807) is 29.1 Å². The van der Waals surface area contributed by atoms with Crippen LogP contribution >= 0.6 is 0 Å². The molecule has 1 aliphatic heterocycles. The Bertz CT molecular complexity index is 986. The molecule has 1 unspecified atom stereocenters. The number of hydrogen-bond acceptors (Lipinski definition) is 3. The second kappa shape index (κ2) is 7.64. The van der Waals surface area contributed by atoms with Crippen molar-refractivity contribution in [2.24, 2.45) is 5.92 Å². The number of nitrogens with one attached hydrogen (secondary N) is 1. The van der Waals surface area contributed by atoms with E-state index < -0.39 is 11.7 Å². The van der Waals surface area contributed by atoms with Crippen molar-refractivity contribution in [3.63, 3.8) is 0 Å². The fraction of sp³-hybridized carbons (Fsp3) is 0.190. The van der Waals surface area contributed by atoms with Gasteiger partial charge in [-0.3, -0.25) is 9.59 Å². The van der Waals surface area contributed by atoms with E-state index in [1.165, 1.54) is 11.0 Å². The second-order valence-electron chi connectivity index (χ2n) is 6.69. The highest BCUT2D eigenvalue weighted by molar-refractivity contribution is 6.00. The topological polar surface area (TPSA) is 67.2 Å². The molecule has 6 nitrogen and oxygen atoms in total. The lowest BCUT2D eigenvalue weighted by Crippen LogP contribution is -2.32. The van der Waals surface area contributed by atoms with Crippen molar-refractivity contribution in [1.29, 1.82) is 0 Å². The molecule has 0 saturated carbocycles. The van der Waals surface area contributed by atoms with Gasteiger partial charge in [0.15, 0.2) is 0 Å². The van der Waals surface area contributed by atoms with Crippen LogP contribution < -0.4 is 10.2 Å². The first-order valence-electron chi connectivity index (χ1n) is 9.03. The Morgan fingerprint density at radius 2 is 1.93 bits per heavy atom. The Morgan fingerprint density at radius 3 is 2.64 bits per heavy atom. The average molecular weight is 378 g/mol. The van der Waals surface area contributed by atoms with Crippen LogP contribution in [0, 0.1) is 11.7 Å². The molecule has 0 bridgehead atoms. The number of amides is 2. The van der Waals surface area contributed by atoms with Gasteiger partial charge < -0.3 is 10.2 Å². The standard InChI is InChI=1S/C21H19FN4O2/c22-18-4-1-2-5-19(18)25-14-16(12-20(25)27)21(28)23-13-15-6-8-17(9-7-15)26-11-3-10-24-26/h1-11,16H,12-14H2,(H,23,28). The maximum absolute atomic E-state index is 13.9. The molecule has 1 aromatic heterocycles. The number of anilines is 1. The normalized spacial score (nSPS) is 16.4. The molecule has 1 atom stereocenters. The predicted molar refractivity (Wildman–Crippen MR) is 102 cm³/mol. The summed E-state index contributed by atoms with van der Waals surface area (Å²) in [6.07, 6.45) is 3.65. The van der Waals surface area contributed by atoms with Gasteiger partial charge in [-0.15, -0.1) is 0 Å². The highest BCUT2D eigenvalue weighted by atomic mass is 19.1. The first kappa shape index (κ1) is 17.9. The number of benzene rings is 2. The maximum Gasteiger partial charge on any atom is 0.227 e. The van der Waals surface area contributed by atoms with Crippen molar-refractivity contribution in [1.82, 2.24) is 15.1 Å². The molecule has 1 fully saturated rings. The van der Waals surface area contributed by atoms with Crippen molar-refractivity contribution in [3.8, 4) is 5.69 Å². The molecule has 2 amide bonds. The number of hydrogen-bond donors (Lipinski definition) is 1. The first-order chi connectivity index (χ1) is 13.6. The Hall–Kier alpha value is -3.48. The summed E-state index contributed by atoms with van der Waals surface area (Å²) in [5.74, 6) is -1.40. The van der Waals surface area contributed by atoms with Gasteiger partial charge in [-0.25, -0.2) is 9.07 Å². The smallest absolute Gasteiger partial charge is 0.227 e. The third-order valence-electron chi connectivity index (χ3n) is 4.81. The number of para-hydroxylation sites is 1. The Balaban J connectivity index is 1.35. The lowest BCUT2D eigenvalue weighted by molar-refractivity contribution is -0.126. The largest absolute Gasteiger partial charge is 0.352 e. The summed E-state index contributed by atoms with van der Waals surface area (Å²) in [7, 11) is 0. The zero-order valence-electron chi connectivity index (χ0n) is 15.1. The van der Waals surface area contributed by atoms with E-state index >= 15 is 0 Å². The van der Waals surface area contributed by atoms with Crippen molar-refractivity contribution in [2.75, 3.05) is 11.4 Å². The van der Waals surface area contributed by atoms with Crippen molar-refractivity contribution in [2.45, 2.75) is 13.0 Å². The molecule has 3 aromatic rings. The van der Waals surface area contributed by atoms with Crippen molar-refractivity contribution in [3.05, 3.63) is 78.4 Å². The summed E-state index contributed by atoms with van der Waals surface area (Å²) in [6.45, 7) is 0.548. The fourth-order valence-electron chi connectivity index (χ4n) is 3.31. The van der Waals surface area contributed by atoms with Gasteiger partial charge in [0, 0.05) is 31.9 Å². The number of carbonyl (C=O) groups is 2. The molecular weight excluding hydrogens is 359 g/mol. The van der Waals surface area contributed by atoms with Crippen LogP contribution in [0.2, 0.25) is 0 Å². The van der Waals surface area contributed by atoms with Gasteiger partial charge in [-0.1, -0.05) is 24.3 Å². The SMILES string of the molecule is O=C(NCc1ccc(-n2cccn2)cc1)C1CC(=O)N(c2ccccc2F)C1. The van der Waals surface area contributed by atoms with E-state index in [1.807, 2.05) is 36.5 Å². The molecule has 1 aliphatic rings. The minimum absolute atomic E-state index is 0.0818. The van der Waals surface area contributed by atoms with Gasteiger partial charge in [0.25, 0.3) is 0 Å². The lowest BCUT2D eigenvalue weighted by atomic mass is 10.1. The summed E-state index contributed by atoms with van der Waals surface area (Å²) >= 11 is 0. The van der Waals surface area contributed by atoms with Crippen LogP contribution in [0.25, 0.3) is 5.69 Å². The number of carbonyl (C=O) groups excluding carboxylic acids is 2. The molecular formula is C21H19FN4O2. The van der Waals surface area contributed by atoms with Crippen LogP contribution in [-0.2, 0) is 16.1 Å². The second-order valence-corrected chi connectivity index (χ2v) is 6.69. The van der Waals surface area contributed by atoms with E-state index in [4.69, 9.17) is 0 Å². The number of rotatable bonds is 5. The van der Waals surface area contributed by atoms with Gasteiger partial charge in [0.1, 0.15) is 5.82 Å². The zero-order chi connectivity index (χ0) is 19.5. The fourth-order valence-corrected chi connectivity index (χ4v) is 3.31. The molecule has 7 heteroatoms. The minimum atomic E-state index is -0.490. The van der Waals surface area contributed by atoms with Crippen LogP contribution in [0.15, 0.2) is 67.0 Å². The summed E-state index contributed by atoms with van der Waals surface area (Å²) in [5, 5.41) is 7.04. The molecule has 0 spiro atoms. The van der Waals surface area contributed by atoms with Crippen LogP contribution in [0.4, 0.5) is 10.1 Å². The van der Waals surface area contributed by atoms with E-state index in [-0.39, 0.29) is 30.5 Å². The Morgan fingerprint density at radius 1 is 1.14 bits per heavy atom. The molecule has 1 saturated heterocycles. The van der Waals surface area contributed by atoms with E-state index in [0.29, 0.717) is 6.54 Å². The molecule has 1 N–H and O–H groups in total. The summed E-state index contributed by atoms with van der Waals surface area (Å²) in [6, 6.07) is 15.6. The molecule has 28 heavy (non-hydrogen) atoms. The van der Waals surface area contributed by atoms with E-state index in [9.17, 15) is 14.0 Å². The Labute approximate surface area is 161 Å². The summed E-state index contributed by atoms with van der Waals surface area (Å²) in [4.78, 5) is 26.1. The number of aromatic nitrogens is 2. The van der Waals surface area contributed by atoms with Gasteiger partial charge >= 0.3 is 0 Å². The van der Waals surface area contributed by atoms with Crippen LogP contribution in [0.1, 0.15) is 12.0 Å². The van der Waals surface area contributed by atoms with Crippen molar-refractivity contribution < 1.29 is 14.0 Å². The first-order valence-corrected chi connectivity index (χ1v) is 9.03. The molecule has 2 aromatic carbocycles. The highest BCUT2D eigenvalue weighted by Gasteiger charge is 2.35. The lowest BCUT2D eigenvalue weighted by Gasteiger charge is -2.17. The van der Waals surface area contributed by atoms with Crippen molar-refractivity contribution >= 4 is 17.5 Å². The number of halogens is 1. The van der Waals surface area contributed by atoms with Gasteiger partial charge in [0.2, 0.25) is 11.8 Å². The third kappa shape index (κ3) is 3.64. The van der Waals surface area contributed by atoms with E-state index in [0.717, 1.165) is 11.3 Å². The summed E-state index contributed by atoms with van der Waals surface area (Å²) in [5.41, 5.74) is 2.10. The minimum Gasteiger partial charge on any atom is -0.352 e. The highest BCUT2D eigenvalue weighted by Crippen LogP contribution is 2.27. The Kier molecular flexibility index (Phi) is 4.89. The quantitative estimate of drug-likeness (QED) is 0.742. The van der Waals surface area contributed by atoms with Crippen LogP contribution in [-0.4, -0.2) is 28.1 Å². The summed E-state index contributed by atoms with van der Waals surface area (Å²) < 4.78 is 15.7. The van der Waals surface area contributed by atoms with Crippen LogP contribution in [0.3, 0.4) is 0 Å². The van der Waals surface area contributed by atoms with Crippen LogP contribution in [0.5, 0.6) is 0 Å². The predicted octanol–water partition coefficient (Wildman–Crippen LogP) is 2.68. The molecule has 0 aliphatic carbocycles. The maximum atomic E-state index is 13.9. The van der Waals surface area contributed by atoms with Gasteiger partial charge in [-0.05, 0) is 35.9 Å². The molecule has 2 heterocycles.